The van der Waals surface area contributed by atoms with E-state index in [1.165, 1.54) is 0 Å². The Morgan fingerprint density at radius 2 is 0.818 bits per heavy atom. The largest absolute Gasteiger partial charge is 2.00 e. The van der Waals surface area contributed by atoms with Crippen LogP contribution in [0.3, 0.4) is 0 Å². The van der Waals surface area contributed by atoms with Crippen molar-refractivity contribution in [3.8, 4) is 56.8 Å². The molecule has 0 saturated heterocycles. The summed E-state index contributed by atoms with van der Waals surface area (Å²) in [6, 6.07) is 29.1. The van der Waals surface area contributed by atoms with E-state index in [0.717, 1.165) is 41.1 Å². The molecule has 0 radical (unpaired) electrons. The Kier molecular flexibility index (Phi) is 17.2. The van der Waals surface area contributed by atoms with E-state index < -0.39 is 41.7 Å². The van der Waals surface area contributed by atoms with Gasteiger partial charge in [0.2, 0.25) is 0 Å². The van der Waals surface area contributed by atoms with E-state index in [4.69, 9.17) is 14.7 Å². The fourth-order valence-corrected chi connectivity index (χ4v) is 10.4. The quantitative estimate of drug-likeness (QED) is 0.0611. The maximum atomic E-state index is 15.3. The van der Waals surface area contributed by atoms with Crippen LogP contribution >= 0.6 is 0 Å². The Labute approximate surface area is 414 Å². The van der Waals surface area contributed by atoms with Gasteiger partial charge in [-0.1, -0.05) is 139 Å². The first-order valence-electron chi connectivity index (χ1n) is 22.4. The number of rotatable bonds is 14. The summed E-state index contributed by atoms with van der Waals surface area (Å²) in [5, 5.41) is 0. The minimum Gasteiger partial charge on any atom is -0.497 e. The summed E-state index contributed by atoms with van der Waals surface area (Å²) < 4.78 is 69.9. The van der Waals surface area contributed by atoms with Gasteiger partial charge in [0.25, 0.3) is 0 Å². The van der Waals surface area contributed by atoms with Gasteiger partial charge < -0.3 is 26.6 Å². The summed E-state index contributed by atoms with van der Waals surface area (Å²) in [5.74, 6) is 1.50. The molecule has 7 nitrogen and oxygen atoms in total. The van der Waals surface area contributed by atoms with Gasteiger partial charge in [-0.15, -0.1) is 12.1 Å². The molecule has 2 aromatic heterocycles. The van der Waals surface area contributed by atoms with E-state index in [0.29, 0.717) is 11.4 Å². The molecule has 348 valence electrons. The molecule has 2 heterocycles. The topological polar surface area (TPSA) is 67.3 Å². The maximum absolute atomic E-state index is 15.3. The van der Waals surface area contributed by atoms with Crippen molar-refractivity contribution in [1.29, 1.82) is 0 Å². The van der Waals surface area contributed by atoms with Gasteiger partial charge in [-0.25, -0.2) is 0 Å². The van der Waals surface area contributed by atoms with Gasteiger partial charge in [-0.3, -0.25) is 19.9 Å². The van der Waals surface area contributed by atoms with E-state index >= 15 is 14.1 Å². The maximum Gasteiger partial charge on any atom is 2.00 e. The number of benzene rings is 4. The fourth-order valence-electron chi connectivity index (χ4n) is 8.36. The number of nitrogens with zero attached hydrogens (tertiary/aromatic N) is 6. The predicted molar refractivity (Wildman–Crippen MR) is 260 cm³/mol. The molecule has 0 aliphatic carbocycles. The molecular weight excluding hydrogens is 1050 g/mol. The van der Waals surface area contributed by atoms with Crippen molar-refractivity contribution < 1.29 is 39.9 Å². The summed E-state index contributed by atoms with van der Waals surface area (Å²) >= 11 is -8.96. The standard InChI is InChI=1S/C52H60N6O.2Al.4FH.Pt/c1-31(2)37-17-15-18-38(32(3)4)47(37)45-25-27-53-49(55-45)41-29-35(21-23-43(41)57-51(9,10)11)59-36-22-24-44(58-52(12,13)14)42(30-36)50-54-28-26-46(56-50)48-39(33(5)6)19-16-20-40(48)34(7)8;;;;;;;/h15-28,31-34H,1-14H3;;;4*1H;/q-4;2*+3;;;;;+2/p-4. The summed E-state index contributed by atoms with van der Waals surface area (Å²) in [6.45, 7) is 27.5. The van der Waals surface area contributed by atoms with Crippen LogP contribution in [0.25, 0.3) is 45.3 Å². The molecule has 66 heavy (non-hydrogen) atoms. The number of hydrogen-bond acceptors (Lipinski definition) is 7. The molecule has 0 bridgehead atoms. The fraction of sp³-hybridized carbons (Fsp3) is 0.385. The molecular formula is C52H60Al2F4N6OPt. The van der Waals surface area contributed by atoms with Crippen LogP contribution in [0.2, 0.25) is 0 Å². The number of aromatic nitrogens is 4. The van der Waals surface area contributed by atoms with Crippen molar-refractivity contribution in [3.05, 3.63) is 120 Å². The molecule has 0 aliphatic heterocycles. The third kappa shape index (κ3) is 11.6. The van der Waals surface area contributed by atoms with Crippen LogP contribution < -0.4 is 12.5 Å². The molecule has 0 fully saturated rings. The first kappa shape index (κ1) is 52.9. The Balaban J connectivity index is 0.00000817. The van der Waals surface area contributed by atoms with Crippen LogP contribution in [-0.4, -0.2) is 61.6 Å². The number of ether oxygens (including phenoxy) is 1. The van der Waals surface area contributed by atoms with Gasteiger partial charge in [0.05, 0.1) is 23.0 Å². The van der Waals surface area contributed by atoms with Crippen molar-refractivity contribution in [2.75, 3.05) is 7.77 Å². The van der Waals surface area contributed by atoms with E-state index in [-0.39, 0.29) is 90.4 Å². The zero-order chi connectivity index (χ0) is 47.7. The summed E-state index contributed by atoms with van der Waals surface area (Å²) in [4.78, 5) is 19.5. The molecule has 4 aromatic carbocycles. The Bertz CT molecular complexity index is 2400. The van der Waals surface area contributed by atoms with Gasteiger partial charge in [-0.2, -0.15) is 0 Å². The van der Waals surface area contributed by atoms with Crippen LogP contribution in [-0.2, 0) is 21.1 Å². The first-order valence-corrected chi connectivity index (χ1v) is 25.2. The van der Waals surface area contributed by atoms with Crippen LogP contribution in [0.1, 0.15) is 143 Å². The minimum absolute atomic E-state index is 0. The van der Waals surface area contributed by atoms with Gasteiger partial charge in [0.1, 0.15) is 0 Å². The second kappa shape index (κ2) is 21.5. The van der Waals surface area contributed by atoms with Crippen molar-refractivity contribution in [2.45, 2.75) is 132 Å². The van der Waals surface area contributed by atoms with Crippen molar-refractivity contribution in [3.63, 3.8) is 0 Å². The number of halogens is 4. The van der Waals surface area contributed by atoms with Crippen LogP contribution in [0.15, 0.2) is 85.2 Å². The smallest absolute Gasteiger partial charge is 0.497 e. The van der Waals surface area contributed by atoms with Gasteiger partial charge >= 0.3 is 51.6 Å². The molecule has 0 unspecified atom stereocenters. The first-order chi connectivity index (χ1) is 30.5. The van der Waals surface area contributed by atoms with Crippen LogP contribution in [0.5, 0.6) is 11.5 Å². The van der Waals surface area contributed by atoms with Gasteiger partial charge in [0, 0.05) is 46.1 Å². The average Bonchev–Trinajstić information content (AvgIpc) is 3.22. The van der Waals surface area contributed by atoms with E-state index in [1.807, 2.05) is 12.1 Å². The summed E-state index contributed by atoms with van der Waals surface area (Å²) in [5.41, 5.74) is 6.80. The molecule has 0 amide bonds. The predicted octanol–water partition coefficient (Wildman–Crippen LogP) is 14.9. The zero-order valence-corrected chi connectivity index (χ0v) is 45.0. The number of hydrogen-bond donors (Lipinski definition) is 0. The van der Waals surface area contributed by atoms with E-state index in [9.17, 15) is 0 Å². The second-order valence-electron chi connectivity index (χ2n) is 19.7. The van der Waals surface area contributed by atoms with Crippen molar-refractivity contribution in [1.82, 2.24) is 19.9 Å². The molecule has 0 aliphatic rings. The summed E-state index contributed by atoms with van der Waals surface area (Å²) in [7, 11) is 0. The van der Waals surface area contributed by atoms with Gasteiger partial charge in [0.15, 0.2) is 0 Å². The van der Waals surface area contributed by atoms with E-state index in [2.05, 4.69) is 114 Å². The third-order valence-electron chi connectivity index (χ3n) is 11.4. The van der Waals surface area contributed by atoms with Crippen molar-refractivity contribution in [2.24, 2.45) is 0 Å². The average molecular weight is 1110 g/mol. The minimum atomic E-state index is -4.48. The second-order valence-corrected chi connectivity index (χ2v) is 21.8. The number of anilines is 2. The van der Waals surface area contributed by atoms with Crippen LogP contribution in [0.4, 0.5) is 25.5 Å². The van der Waals surface area contributed by atoms with Gasteiger partial charge in [-0.05, 0) is 99.6 Å². The van der Waals surface area contributed by atoms with Crippen molar-refractivity contribution >= 4 is 42.0 Å². The normalized spacial score (nSPS) is 11.9. The molecule has 0 N–H and O–H groups in total. The zero-order valence-electron chi connectivity index (χ0n) is 40.5. The van der Waals surface area contributed by atoms with Crippen LogP contribution in [0, 0.1) is 12.1 Å². The molecule has 0 atom stereocenters. The monoisotopic (exact) mass is 1110 g/mol. The Morgan fingerprint density at radius 3 is 1.09 bits per heavy atom. The molecule has 14 heteroatoms. The third-order valence-corrected chi connectivity index (χ3v) is 14.3. The van der Waals surface area contributed by atoms with E-state index in [1.54, 1.807) is 78.2 Å². The molecule has 6 aromatic rings. The summed E-state index contributed by atoms with van der Waals surface area (Å²) in [6.07, 6.45) is 3.30. The molecule has 0 spiro atoms. The molecule has 6 rings (SSSR count). The Hall–Kier alpha value is -4.09. The Morgan fingerprint density at radius 1 is 0.500 bits per heavy atom. The molecule has 0 saturated carbocycles. The SMILES string of the molecule is CC(C)c1cccc(C(C)C)c1-c1ccnc(-c2[c-]c(Oc3[c-]c(-c4nccc(-c5c(C(C)C)cccc5C(C)C)n4)c([N]([Al]([F])[F])C(C)(C)C)cc3)ccc2[N]([Al]([F])[F])C(C)(C)C)n1.[Pt+2].